The molecule has 26 heavy (non-hydrogen) atoms. The summed E-state index contributed by atoms with van der Waals surface area (Å²) >= 11 is 0. The van der Waals surface area contributed by atoms with E-state index >= 15 is 0 Å². The van der Waals surface area contributed by atoms with Gasteiger partial charge in [-0.1, -0.05) is 6.07 Å². The summed E-state index contributed by atoms with van der Waals surface area (Å²) in [6.07, 6.45) is -0.552. The van der Waals surface area contributed by atoms with Gasteiger partial charge in [-0.25, -0.2) is 18.0 Å². The molecular weight excluding hydrogens is 347 g/mol. The standard InChI is InChI=1S/C19H14F3NO3/c1-9(2)26-19(25)15-11-8-10(20)6-7-14(11)23-18(24)17(15)16-12(21)4-3-5-13(16)22/h3-9H,1-2H3,(H,23,24). The molecule has 0 fully saturated rings. The molecule has 0 aliphatic rings. The summed E-state index contributed by atoms with van der Waals surface area (Å²) in [6.45, 7) is 3.16. The lowest BCUT2D eigenvalue weighted by Crippen LogP contribution is -2.20. The fourth-order valence-corrected chi connectivity index (χ4v) is 2.73. The second-order valence-corrected chi connectivity index (χ2v) is 5.94. The molecule has 0 atom stereocenters. The monoisotopic (exact) mass is 361 g/mol. The van der Waals surface area contributed by atoms with Gasteiger partial charge < -0.3 is 9.72 Å². The minimum Gasteiger partial charge on any atom is -0.459 e. The Bertz CT molecular complexity index is 1050. The molecule has 4 nitrogen and oxygen atoms in total. The molecule has 134 valence electrons. The van der Waals surface area contributed by atoms with Crippen molar-refractivity contribution in [1.29, 1.82) is 0 Å². The van der Waals surface area contributed by atoms with E-state index in [1.807, 2.05) is 0 Å². The number of hydrogen-bond donors (Lipinski definition) is 1. The Morgan fingerprint density at radius 2 is 1.69 bits per heavy atom. The number of carbonyl (C=O) groups is 1. The van der Waals surface area contributed by atoms with Crippen LogP contribution in [0.2, 0.25) is 0 Å². The number of rotatable bonds is 3. The third-order valence-electron chi connectivity index (χ3n) is 3.74. The Balaban J connectivity index is 2.47. The third kappa shape index (κ3) is 3.08. The van der Waals surface area contributed by atoms with E-state index < -0.39 is 46.2 Å². The summed E-state index contributed by atoms with van der Waals surface area (Å²) < 4.78 is 47.4. The quantitative estimate of drug-likeness (QED) is 0.712. The zero-order valence-corrected chi connectivity index (χ0v) is 13.9. The number of pyridine rings is 1. The highest BCUT2D eigenvalue weighted by Crippen LogP contribution is 2.31. The Hall–Kier alpha value is -3.09. The molecule has 3 rings (SSSR count). The fourth-order valence-electron chi connectivity index (χ4n) is 2.73. The van der Waals surface area contributed by atoms with Gasteiger partial charge in [-0.05, 0) is 44.2 Å². The second-order valence-electron chi connectivity index (χ2n) is 5.94. The molecule has 0 saturated heterocycles. The molecule has 1 heterocycles. The first-order valence-corrected chi connectivity index (χ1v) is 7.80. The number of fused-ring (bicyclic) bond motifs is 1. The average Bonchev–Trinajstić information content (AvgIpc) is 2.54. The van der Waals surface area contributed by atoms with E-state index in [1.165, 1.54) is 6.07 Å². The second kappa shape index (κ2) is 6.67. The maximum Gasteiger partial charge on any atom is 0.339 e. The summed E-state index contributed by atoms with van der Waals surface area (Å²) in [5.41, 5.74) is -2.34. The lowest BCUT2D eigenvalue weighted by molar-refractivity contribution is 0.0381. The third-order valence-corrected chi connectivity index (χ3v) is 3.74. The highest BCUT2D eigenvalue weighted by atomic mass is 19.1. The molecule has 0 unspecified atom stereocenters. The van der Waals surface area contributed by atoms with E-state index in [9.17, 15) is 22.8 Å². The summed E-state index contributed by atoms with van der Waals surface area (Å²) in [5.74, 6) is -3.70. The number of esters is 1. The van der Waals surface area contributed by atoms with Crippen LogP contribution in [-0.4, -0.2) is 17.1 Å². The highest BCUT2D eigenvalue weighted by molar-refractivity contribution is 6.09. The molecule has 3 aromatic rings. The normalized spacial score (nSPS) is 11.2. The summed E-state index contributed by atoms with van der Waals surface area (Å²) in [5, 5.41) is -0.00657. The molecule has 0 radical (unpaired) electrons. The van der Waals surface area contributed by atoms with Gasteiger partial charge in [-0.2, -0.15) is 0 Å². The van der Waals surface area contributed by atoms with E-state index in [0.717, 1.165) is 30.3 Å². The number of benzene rings is 2. The summed E-state index contributed by atoms with van der Waals surface area (Å²) in [7, 11) is 0. The first-order valence-electron chi connectivity index (χ1n) is 7.80. The van der Waals surface area contributed by atoms with Crippen molar-refractivity contribution in [3.05, 3.63) is 69.8 Å². The molecular formula is C19H14F3NO3. The predicted octanol–water partition coefficient (Wildman–Crippen LogP) is 4.18. The van der Waals surface area contributed by atoms with Crippen LogP contribution in [0.1, 0.15) is 24.2 Å². The molecule has 1 N–H and O–H groups in total. The fraction of sp³-hybridized carbons (Fsp3) is 0.158. The first-order chi connectivity index (χ1) is 12.3. The highest BCUT2D eigenvalue weighted by Gasteiger charge is 2.26. The van der Waals surface area contributed by atoms with Crippen LogP contribution < -0.4 is 5.56 Å². The van der Waals surface area contributed by atoms with Crippen LogP contribution in [-0.2, 0) is 4.74 Å². The van der Waals surface area contributed by atoms with Gasteiger partial charge in [0.25, 0.3) is 5.56 Å². The lowest BCUT2D eigenvalue weighted by atomic mass is 9.96. The van der Waals surface area contributed by atoms with Crippen molar-refractivity contribution in [2.45, 2.75) is 20.0 Å². The van der Waals surface area contributed by atoms with Gasteiger partial charge in [0.15, 0.2) is 0 Å². The maximum absolute atomic E-state index is 14.3. The number of nitrogens with one attached hydrogen (secondary N) is 1. The van der Waals surface area contributed by atoms with Crippen molar-refractivity contribution >= 4 is 16.9 Å². The number of H-pyrrole nitrogens is 1. The van der Waals surface area contributed by atoms with Gasteiger partial charge in [0.05, 0.1) is 22.8 Å². The van der Waals surface area contributed by atoms with Gasteiger partial charge in [0.2, 0.25) is 0 Å². The smallest absolute Gasteiger partial charge is 0.339 e. The molecule has 0 aliphatic heterocycles. The van der Waals surface area contributed by atoms with Crippen molar-refractivity contribution in [2.24, 2.45) is 0 Å². The van der Waals surface area contributed by atoms with Crippen LogP contribution in [0.25, 0.3) is 22.0 Å². The Labute approximate surface area is 146 Å². The zero-order chi connectivity index (χ0) is 19.0. The van der Waals surface area contributed by atoms with Gasteiger partial charge in [0.1, 0.15) is 17.5 Å². The van der Waals surface area contributed by atoms with E-state index in [0.29, 0.717) is 0 Å². The first kappa shape index (κ1) is 17.7. The minimum absolute atomic E-state index is 0.00657. The minimum atomic E-state index is -1.02. The van der Waals surface area contributed by atoms with E-state index in [4.69, 9.17) is 4.74 Å². The molecule has 7 heteroatoms. The number of hydrogen-bond acceptors (Lipinski definition) is 3. The van der Waals surface area contributed by atoms with Crippen molar-refractivity contribution in [1.82, 2.24) is 4.98 Å². The SMILES string of the molecule is CC(C)OC(=O)c1c(-c2c(F)cccc2F)c(=O)[nH]c2ccc(F)cc12. The largest absolute Gasteiger partial charge is 0.459 e. The summed E-state index contributed by atoms with van der Waals surface area (Å²) in [4.78, 5) is 27.6. The van der Waals surface area contributed by atoms with Crippen LogP contribution in [0.15, 0.2) is 41.2 Å². The Morgan fingerprint density at radius 3 is 2.31 bits per heavy atom. The van der Waals surface area contributed by atoms with Crippen LogP contribution in [0, 0.1) is 17.5 Å². The number of halogens is 3. The van der Waals surface area contributed by atoms with E-state index in [2.05, 4.69) is 4.98 Å². The number of aromatic amines is 1. The molecule has 0 bridgehead atoms. The predicted molar refractivity (Wildman–Crippen MR) is 90.4 cm³/mol. The number of carbonyl (C=O) groups excluding carboxylic acids is 1. The zero-order valence-electron chi connectivity index (χ0n) is 13.9. The maximum atomic E-state index is 14.3. The van der Waals surface area contributed by atoms with Gasteiger partial charge in [-0.15, -0.1) is 0 Å². The molecule has 0 spiro atoms. The van der Waals surface area contributed by atoms with Gasteiger partial charge in [0, 0.05) is 10.9 Å². The topological polar surface area (TPSA) is 59.2 Å². The van der Waals surface area contributed by atoms with Crippen LogP contribution in [0.3, 0.4) is 0 Å². The van der Waals surface area contributed by atoms with Crippen LogP contribution in [0.4, 0.5) is 13.2 Å². The molecule has 0 aliphatic carbocycles. The van der Waals surface area contributed by atoms with Crippen molar-refractivity contribution in [3.8, 4) is 11.1 Å². The Kier molecular flexibility index (Phi) is 4.54. The molecule has 0 amide bonds. The van der Waals surface area contributed by atoms with Crippen molar-refractivity contribution in [2.75, 3.05) is 0 Å². The lowest BCUT2D eigenvalue weighted by Gasteiger charge is -2.15. The number of ether oxygens (including phenoxy) is 1. The number of aromatic nitrogens is 1. The van der Waals surface area contributed by atoms with Gasteiger partial charge in [-0.3, -0.25) is 4.79 Å². The molecule has 2 aromatic carbocycles. The molecule has 0 saturated carbocycles. The van der Waals surface area contributed by atoms with Crippen molar-refractivity contribution < 1.29 is 22.7 Å². The Morgan fingerprint density at radius 1 is 1.04 bits per heavy atom. The summed E-state index contributed by atoms with van der Waals surface area (Å²) in [6, 6.07) is 6.43. The average molecular weight is 361 g/mol. The van der Waals surface area contributed by atoms with Crippen LogP contribution in [0.5, 0.6) is 0 Å². The van der Waals surface area contributed by atoms with Crippen LogP contribution >= 0.6 is 0 Å². The van der Waals surface area contributed by atoms with Gasteiger partial charge >= 0.3 is 5.97 Å². The molecule has 1 aromatic heterocycles. The van der Waals surface area contributed by atoms with E-state index in [1.54, 1.807) is 13.8 Å². The van der Waals surface area contributed by atoms with Crippen molar-refractivity contribution in [3.63, 3.8) is 0 Å². The van der Waals surface area contributed by atoms with E-state index in [-0.39, 0.29) is 16.5 Å².